The van der Waals surface area contributed by atoms with Gasteiger partial charge in [-0.15, -0.1) is 0 Å². The minimum Gasteiger partial charge on any atom is -0.432 e. The first-order valence-electron chi connectivity index (χ1n) is 12.0. The third-order valence-corrected chi connectivity index (χ3v) is 6.05. The van der Waals surface area contributed by atoms with Gasteiger partial charge >= 0.3 is 6.11 Å². The van der Waals surface area contributed by atoms with Gasteiger partial charge in [-0.1, -0.05) is 37.6 Å². The number of aryl methyl sites for hydroxylation is 2. The number of benzene rings is 3. The Morgan fingerprint density at radius 2 is 1.45 bits per heavy atom. The standard InChI is InChI=1S/C29H24F6N2O/c1-3-4-18-5-8-23(27(33)11-18)21-15-36-28(37-16-21)20-7-6-19(26(32)12-20)9-10-29(34,35)38-22-13-24(30)17(2)25(31)14-22/h5-8,11-16H,3-4,9-10H2,1-2H3. The van der Waals surface area contributed by atoms with E-state index < -0.39 is 42.2 Å². The van der Waals surface area contributed by atoms with E-state index in [-0.39, 0.29) is 22.8 Å². The van der Waals surface area contributed by atoms with Crippen LogP contribution in [0.25, 0.3) is 22.5 Å². The molecule has 0 radical (unpaired) electrons. The monoisotopic (exact) mass is 530 g/mol. The maximum atomic E-state index is 14.7. The largest absolute Gasteiger partial charge is 0.432 e. The smallest absolute Gasteiger partial charge is 0.398 e. The lowest BCUT2D eigenvalue weighted by molar-refractivity contribution is -0.180. The van der Waals surface area contributed by atoms with Gasteiger partial charge in [-0.3, -0.25) is 0 Å². The number of alkyl halides is 2. The highest BCUT2D eigenvalue weighted by atomic mass is 19.3. The fourth-order valence-corrected chi connectivity index (χ4v) is 3.93. The fraction of sp³-hybridized carbons (Fsp3) is 0.241. The molecule has 0 aliphatic rings. The van der Waals surface area contributed by atoms with Gasteiger partial charge in [0.1, 0.15) is 29.0 Å². The quantitative estimate of drug-likeness (QED) is 0.205. The van der Waals surface area contributed by atoms with Gasteiger partial charge in [0.05, 0.1) is 6.42 Å². The molecule has 3 aromatic carbocycles. The van der Waals surface area contributed by atoms with Crippen molar-refractivity contribution in [3.8, 4) is 28.3 Å². The molecular weight excluding hydrogens is 506 g/mol. The molecule has 3 nitrogen and oxygen atoms in total. The summed E-state index contributed by atoms with van der Waals surface area (Å²) in [7, 11) is 0. The van der Waals surface area contributed by atoms with E-state index in [1.54, 1.807) is 6.07 Å². The normalized spacial score (nSPS) is 11.6. The summed E-state index contributed by atoms with van der Waals surface area (Å²) in [5.74, 6) is -3.65. The first kappa shape index (κ1) is 27.2. The molecule has 0 bridgehead atoms. The molecular formula is C29H24F6N2O. The molecule has 0 saturated carbocycles. The van der Waals surface area contributed by atoms with Crippen LogP contribution in [0.3, 0.4) is 0 Å². The predicted molar refractivity (Wildman–Crippen MR) is 132 cm³/mol. The second-order valence-corrected chi connectivity index (χ2v) is 8.92. The zero-order chi connectivity index (χ0) is 27.4. The van der Waals surface area contributed by atoms with Gasteiger partial charge in [0.2, 0.25) is 0 Å². The fourth-order valence-electron chi connectivity index (χ4n) is 3.93. The third-order valence-electron chi connectivity index (χ3n) is 6.05. The highest BCUT2D eigenvalue weighted by Crippen LogP contribution is 2.30. The molecule has 0 fully saturated rings. The highest BCUT2D eigenvalue weighted by molar-refractivity contribution is 5.65. The van der Waals surface area contributed by atoms with Crippen molar-refractivity contribution in [2.45, 2.75) is 45.6 Å². The Morgan fingerprint density at radius 1 is 0.763 bits per heavy atom. The van der Waals surface area contributed by atoms with E-state index in [1.807, 2.05) is 13.0 Å². The molecule has 38 heavy (non-hydrogen) atoms. The predicted octanol–water partition coefficient (Wildman–Crippen LogP) is 8.23. The van der Waals surface area contributed by atoms with Gasteiger partial charge < -0.3 is 4.74 Å². The van der Waals surface area contributed by atoms with Gasteiger partial charge in [-0.2, -0.15) is 8.78 Å². The zero-order valence-corrected chi connectivity index (χ0v) is 20.7. The van der Waals surface area contributed by atoms with Crippen LogP contribution in [0.5, 0.6) is 5.75 Å². The number of hydrogen-bond donors (Lipinski definition) is 0. The minimum atomic E-state index is -3.79. The van der Waals surface area contributed by atoms with Gasteiger partial charge in [-0.05, 0) is 43.0 Å². The number of nitrogens with zero attached hydrogens (tertiary/aromatic N) is 2. The number of aromatic nitrogens is 2. The first-order valence-corrected chi connectivity index (χ1v) is 12.0. The maximum Gasteiger partial charge on any atom is 0.398 e. The van der Waals surface area contributed by atoms with Crippen LogP contribution >= 0.6 is 0 Å². The Labute approximate surface area is 216 Å². The summed E-state index contributed by atoms with van der Waals surface area (Å²) in [5.41, 5.74) is 1.69. The lowest BCUT2D eigenvalue weighted by atomic mass is 10.0. The Hall–Kier alpha value is -3.88. The van der Waals surface area contributed by atoms with Crippen LogP contribution in [0.1, 0.15) is 36.5 Å². The molecule has 0 spiro atoms. The summed E-state index contributed by atoms with van der Waals surface area (Å²) in [6.07, 6.45) is -0.579. The summed E-state index contributed by atoms with van der Waals surface area (Å²) in [6, 6.07) is 10.3. The van der Waals surface area contributed by atoms with Crippen LogP contribution in [0, 0.1) is 30.2 Å². The molecule has 4 aromatic rings. The molecule has 198 valence electrons. The zero-order valence-electron chi connectivity index (χ0n) is 20.7. The van der Waals surface area contributed by atoms with Crippen LogP contribution in [0.4, 0.5) is 26.3 Å². The van der Waals surface area contributed by atoms with Gasteiger partial charge in [0.25, 0.3) is 0 Å². The maximum absolute atomic E-state index is 14.7. The Kier molecular flexibility index (Phi) is 8.04. The van der Waals surface area contributed by atoms with Crippen LogP contribution in [0.2, 0.25) is 0 Å². The van der Waals surface area contributed by atoms with Gasteiger partial charge in [0, 0.05) is 46.8 Å². The van der Waals surface area contributed by atoms with Crippen LogP contribution < -0.4 is 4.74 Å². The average molecular weight is 531 g/mol. The SMILES string of the molecule is CCCc1ccc(-c2cnc(-c3ccc(CCC(F)(F)Oc4cc(F)c(C)c(F)c4)c(F)c3)nc2)c(F)c1. The molecule has 0 saturated heterocycles. The second kappa shape index (κ2) is 11.2. The van der Waals surface area contributed by atoms with Gasteiger partial charge in [-0.25, -0.2) is 27.5 Å². The summed E-state index contributed by atoms with van der Waals surface area (Å²) in [4.78, 5) is 8.41. The Bertz CT molecular complexity index is 1420. The molecule has 1 aromatic heterocycles. The summed E-state index contributed by atoms with van der Waals surface area (Å²) < 4.78 is 89.4. The summed E-state index contributed by atoms with van der Waals surface area (Å²) in [6.45, 7) is 3.18. The minimum absolute atomic E-state index is 0.0100. The third kappa shape index (κ3) is 6.33. The van der Waals surface area contributed by atoms with Crippen molar-refractivity contribution >= 4 is 0 Å². The van der Waals surface area contributed by atoms with E-state index in [1.165, 1.54) is 37.5 Å². The number of ether oxygens (including phenoxy) is 1. The van der Waals surface area contributed by atoms with Crippen LogP contribution in [-0.4, -0.2) is 16.1 Å². The molecule has 0 amide bonds. The topological polar surface area (TPSA) is 35.0 Å². The van der Waals surface area contributed by atoms with Crippen molar-refractivity contribution in [2.24, 2.45) is 0 Å². The lowest BCUT2D eigenvalue weighted by Gasteiger charge is -2.18. The molecule has 0 atom stereocenters. The number of halogens is 6. The first-order chi connectivity index (χ1) is 18.1. The summed E-state index contributed by atoms with van der Waals surface area (Å²) in [5, 5.41) is 0. The number of hydrogen-bond acceptors (Lipinski definition) is 3. The average Bonchev–Trinajstić information content (AvgIpc) is 2.87. The van der Waals surface area contributed by atoms with Crippen molar-refractivity contribution in [2.75, 3.05) is 0 Å². The van der Waals surface area contributed by atoms with Crippen LogP contribution in [0.15, 0.2) is 60.9 Å². The lowest BCUT2D eigenvalue weighted by Crippen LogP contribution is -2.25. The van der Waals surface area contributed by atoms with E-state index >= 15 is 0 Å². The molecule has 9 heteroatoms. The second-order valence-electron chi connectivity index (χ2n) is 8.92. The van der Waals surface area contributed by atoms with E-state index in [0.717, 1.165) is 24.5 Å². The van der Waals surface area contributed by atoms with Crippen molar-refractivity contribution in [1.29, 1.82) is 0 Å². The highest BCUT2D eigenvalue weighted by Gasteiger charge is 2.32. The molecule has 1 heterocycles. The van der Waals surface area contributed by atoms with E-state index in [4.69, 9.17) is 0 Å². The van der Waals surface area contributed by atoms with Gasteiger partial charge in [0.15, 0.2) is 5.82 Å². The van der Waals surface area contributed by atoms with E-state index in [0.29, 0.717) is 28.8 Å². The van der Waals surface area contributed by atoms with Crippen molar-refractivity contribution in [3.05, 3.63) is 101 Å². The van der Waals surface area contributed by atoms with Crippen LogP contribution in [-0.2, 0) is 12.8 Å². The van der Waals surface area contributed by atoms with E-state index in [2.05, 4.69) is 14.7 Å². The molecule has 0 N–H and O–H groups in total. The molecule has 0 aliphatic heterocycles. The molecule has 4 rings (SSSR count). The van der Waals surface area contributed by atoms with E-state index in [9.17, 15) is 26.3 Å². The Balaban J connectivity index is 1.43. The molecule has 0 aliphatic carbocycles. The number of rotatable bonds is 9. The summed E-state index contributed by atoms with van der Waals surface area (Å²) >= 11 is 0. The van der Waals surface area contributed by atoms with Crippen molar-refractivity contribution in [3.63, 3.8) is 0 Å². The van der Waals surface area contributed by atoms with Crippen molar-refractivity contribution in [1.82, 2.24) is 9.97 Å². The Morgan fingerprint density at radius 3 is 2.05 bits per heavy atom. The molecule has 0 unspecified atom stereocenters. The van der Waals surface area contributed by atoms with Crippen molar-refractivity contribution < 1.29 is 31.1 Å².